The lowest BCUT2D eigenvalue weighted by Crippen LogP contribution is -2.32. The van der Waals surface area contributed by atoms with Crippen LogP contribution in [-0.2, 0) is 9.59 Å². The summed E-state index contributed by atoms with van der Waals surface area (Å²) in [6.45, 7) is 1.88. The van der Waals surface area contributed by atoms with Crippen LogP contribution >= 0.6 is 23.4 Å². The first-order chi connectivity index (χ1) is 21.9. The minimum Gasteiger partial charge on any atom is -0.321 e. The maximum Gasteiger partial charge on any atom is 0.272 e. The number of benzene rings is 5. The average molecular weight is 632 g/mol. The van der Waals surface area contributed by atoms with Crippen molar-refractivity contribution in [3.63, 3.8) is 0 Å². The highest BCUT2D eigenvalue weighted by molar-refractivity contribution is 8.00. The topological polar surface area (TPSA) is 78.5 Å². The van der Waals surface area contributed by atoms with Crippen LogP contribution in [0.25, 0.3) is 6.08 Å². The van der Waals surface area contributed by atoms with Gasteiger partial charge < -0.3 is 10.6 Å². The van der Waals surface area contributed by atoms with Gasteiger partial charge in [-0.3, -0.25) is 19.3 Å². The minimum atomic E-state index is -0.496. The second-order valence-corrected chi connectivity index (χ2v) is 11.9. The zero-order valence-corrected chi connectivity index (χ0v) is 26.0. The number of anilines is 3. The molecule has 0 aliphatic heterocycles. The maximum absolute atomic E-state index is 13.7. The van der Waals surface area contributed by atoms with Gasteiger partial charge in [0, 0.05) is 32.5 Å². The lowest BCUT2D eigenvalue weighted by Gasteiger charge is -2.26. The summed E-state index contributed by atoms with van der Waals surface area (Å²) in [5.41, 5.74) is 3.26. The predicted octanol–water partition coefficient (Wildman–Crippen LogP) is 8.60. The third-order valence-corrected chi connectivity index (χ3v) is 8.05. The Bertz CT molecular complexity index is 1760. The Morgan fingerprint density at radius 3 is 1.89 bits per heavy atom. The number of hydrogen-bond donors (Lipinski definition) is 2. The van der Waals surface area contributed by atoms with E-state index in [0.29, 0.717) is 21.8 Å². The first-order valence-corrected chi connectivity index (χ1v) is 15.5. The number of hydrogen-bond acceptors (Lipinski definition) is 4. The summed E-state index contributed by atoms with van der Waals surface area (Å²) in [6, 6.07) is 42.0. The van der Waals surface area contributed by atoms with Crippen molar-refractivity contribution in [3.05, 3.63) is 161 Å². The van der Waals surface area contributed by atoms with Crippen molar-refractivity contribution in [2.45, 2.75) is 17.1 Å². The van der Waals surface area contributed by atoms with Crippen molar-refractivity contribution in [3.8, 4) is 0 Å². The number of rotatable bonds is 10. The molecule has 1 unspecified atom stereocenters. The second-order valence-electron chi connectivity index (χ2n) is 10.0. The molecule has 0 saturated heterocycles. The lowest BCUT2D eigenvalue weighted by atomic mass is 10.1. The standard InChI is InChI=1S/C37H30ClN3O3S/c1-26(37(44)41(31-16-7-3-8-17-31)32-18-9-4-10-19-32)45-33-22-20-30(21-23-33)39-36(43)34(25-27-12-11-15-29(38)24-27)40-35(42)28-13-5-2-6-14-28/h2-26H,1H3,(H,39,43)(H,40,42)/b34-25-. The Morgan fingerprint density at radius 2 is 1.31 bits per heavy atom. The van der Waals surface area contributed by atoms with E-state index >= 15 is 0 Å². The van der Waals surface area contributed by atoms with Crippen LogP contribution in [0.4, 0.5) is 17.1 Å². The van der Waals surface area contributed by atoms with Crippen LogP contribution in [0.15, 0.2) is 150 Å². The van der Waals surface area contributed by atoms with Gasteiger partial charge in [-0.05, 0) is 91.4 Å². The van der Waals surface area contributed by atoms with Crippen molar-refractivity contribution < 1.29 is 14.4 Å². The number of carbonyl (C=O) groups excluding carboxylic acids is 3. The molecule has 45 heavy (non-hydrogen) atoms. The third kappa shape index (κ3) is 8.50. The highest BCUT2D eigenvalue weighted by Crippen LogP contribution is 2.31. The van der Waals surface area contributed by atoms with E-state index in [0.717, 1.165) is 16.3 Å². The van der Waals surface area contributed by atoms with Gasteiger partial charge in [0.15, 0.2) is 0 Å². The molecule has 224 valence electrons. The first kappa shape index (κ1) is 31.3. The summed E-state index contributed by atoms with van der Waals surface area (Å²) in [6.07, 6.45) is 1.57. The summed E-state index contributed by atoms with van der Waals surface area (Å²) in [5.74, 6) is -0.964. The van der Waals surface area contributed by atoms with E-state index in [1.54, 1.807) is 71.6 Å². The van der Waals surface area contributed by atoms with Gasteiger partial charge in [0.1, 0.15) is 5.70 Å². The van der Waals surface area contributed by atoms with E-state index < -0.39 is 17.1 Å². The Hall–Kier alpha value is -5.11. The SMILES string of the molecule is CC(Sc1ccc(NC(=O)/C(=C/c2cccc(Cl)c2)NC(=O)c2ccccc2)cc1)C(=O)N(c1ccccc1)c1ccccc1. The third-order valence-electron chi connectivity index (χ3n) is 6.71. The van der Waals surface area contributed by atoms with Crippen LogP contribution in [0.5, 0.6) is 0 Å². The first-order valence-electron chi connectivity index (χ1n) is 14.2. The highest BCUT2D eigenvalue weighted by atomic mass is 35.5. The summed E-state index contributed by atoms with van der Waals surface area (Å²) >= 11 is 7.57. The van der Waals surface area contributed by atoms with Crippen LogP contribution in [-0.4, -0.2) is 23.0 Å². The minimum absolute atomic E-state index is 0.0558. The molecule has 5 rings (SSSR count). The van der Waals surface area contributed by atoms with Crippen molar-refractivity contribution >= 4 is 64.2 Å². The molecule has 8 heteroatoms. The Balaban J connectivity index is 1.29. The summed E-state index contributed by atoms with van der Waals surface area (Å²) in [5, 5.41) is 5.70. The maximum atomic E-state index is 13.7. The number of para-hydroxylation sites is 2. The highest BCUT2D eigenvalue weighted by Gasteiger charge is 2.24. The smallest absolute Gasteiger partial charge is 0.272 e. The molecule has 5 aromatic carbocycles. The molecule has 0 heterocycles. The molecule has 0 fully saturated rings. The molecule has 0 bridgehead atoms. The summed E-state index contributed by atoms with van der Waals surface area (Å²) in [7, 11) is 0. The molecule has 2 N–H and O–H groups in total. The van der Waals surface area contributed by atoms with Crippen LogP contribution in [0.2, 0.25) is 5.02 Å². The average Bonchev–Trinajstić information content (AvgIpc) is 3.07. The van der Waals surface area contributed by atoms with Crippen molar-refractivity contribution in [1.29, 1.82) is 0 Å². The van der Waals surface area contributed by atoms with Gasteiger partial charge in [0.05, 0.1) is 5.25 Å². The molecule has 5 aromatic rings. The fraction of sp³-hybridized carbons (Fsp3) is 0.0541. The number of nitrogens with zero attached hydrogens (tertiary/aromatic N) is 1. The van der Waals surface area contributed by atoms with Crippen LogP contribution in [0.1, 0.15) is 22.8 Å². The monoisotopic (exact) mass is 631 g/mol. The fourth-order valence-electron chi connectivity index (χ4n) is 4.51. The van der Waals surface area contributed by atoms with Crippen LogP contribution < -0.4 is 15.5 Å². The van der Waals surface area contributed by atoms with Crippen LogP contribution in [0.3, 0.4) is 0 Å². The number of carbonyl (C=O) groups is 3. The second kappa shape index (κ2) is 15.1. The van der Waals surface area contributed by atoms with E-state index in [1.165, 1.54) is 11.8 Å². The lowest BCUT2D eigenvalue weighted by molar-refractivity contribution is -0.117. The van der Waals surface area contributed by atoms with E-state index in [-0.39, 0.29) is 11.6 Å². The Morgan fingerprint density at radius 1 is 0.733 bits per heavy atom. The molecular weight excluding hydrogens is 602 g/mol. The summed E-state index contributed by atoms with van der Waals surface area (Å²) in [4.78, 5) is 42.6. The molecule has 0 spiro atoms. The molecule has 0 aromatic heterocycles. The van der Waals surface area contributed by atoms with Gasteiger partial charge in [0.2, 0.25) is 5.91 Å². The molecule has 0 aliphatic carbocycles. The normalized spacial score (nSPS) is 11.7. The fourth-order valence-corrected chi connectivity index (χ4v) is 5.62. The van der Waals surface area contributed by atoms with Crippen molar-refractivity contribution in [1.82, 2.24) is 5.32 Å². The molecule has 6 nitrogen and oxygen atoms in total. The van der Waals surface area contributed by atoms with E-state index in [9.17, 15) is 14.4 Å². The van der Waals surface area contributed by atoms with E-state index in [2.05, 4.69) is 10.6 Å². The zero-order valence-electron chi connectivity index (χ0n) is 24.4. The Kier molecular flexibility index (Phi) is 10.5. The molecule has 0 saturated carbocycles. The molecular formula is C37H30ClN3O3S. The number of nitrogens with one attached hydrogen (secondary N) is 2. The molecule has 1 atom stereocenters. The van der Waals surface area contributed by atoms with Crippen molar-refractivity contribution in [2.24, 2.45) is 0 Å². The van der Waals surface area contributed by atoms with Gasteiger partial charge in [0.25, 0.3) is 11.8 Å². The van der Waals surface area contributed by atoms with Gasteiger partial charge in [-0.2, -0.15) is 0 Å². The summed E-state index contributed by atoms with van der Waals surface area (Å²) < 4.78 is 0. The predicted molar refractivity (Wildman–Crippen MR) is 184 cm³/mol. The quantitative estimate of drug-likeness (QED) is 0.120. The van der Waals surface area contributed by atoms with E-state index in [1.807, 2.05) is 85.8 Å². The molecule has 0 aliphatic rings. The van der Waals surface area contributed by atoms with Gasteiger partial charge in [-0.1, -0.05) is 78.3 Å². The van der Waals surface area contributed by atoms with Gasteiger partial charge in [-0.25, -0.2) is 0 Å². The van der Waals surface area contributed by atoms with Crippen LogP contribution in [0, 0.1) is 0 Å². The van der Waals surface area contributed by atoms with Crippen molar-refractivity contribution in [2.75, 3.05) is 10.2 Å². The number of amides is 3. The molecule has 0 radical (unpaired) electrons. The van der Waals surface area contributed by atoms with Gasteiger partial charge in [-0.15, -0.1) is 11.8 Å². The number of halogens is 1. The molecule has 3 amide bonds. The largest absolute Gasteiger partial charge is 0.321 e. The zero-order chi connectivity index (χ0) is 31.6. The van der Waals surface area contributed by atoms with E-state index in [4.69, 9.17) is 11.6 Å². The van der Waals surface area contributed by atoms with Gasteiger partial charge >= 0.3 is 0 Å². The Labute approximate surface area is 271 Å². The number of thioether (sulfide) groups is 1.